The van der Waals surface area contributed by atoms with Gasteiger partial charge in [-0.3, -0.25) is 4.98 Å². The first-order valence-corrected chi connectivity index (χ1v) is 7.60. The van der Waals surface area contributed by atoms with Gasteiger partial charge in [0.1, 0.15) is 0 Å². The third-order valence-corrected chi connectivity index (χ3v) is 4.68. The van der Waals surface area contributed by atoms with Gasteiger partial charge in [0.2, 0.25) is 11.7 Å². The van der Waals surface area contributed by atoms with Gasteiger partial charge >= 0.3 is 0 Å². The van der Waals surface area contributed by atoms with E-state index >= 15 is 0 Å². The molecule has 0 saturated heterocycles. The average molecular weight is 286 g/mol. The van der Waals surface area contributed by atoms with Gasteiger partial charge in [-0.2, -0.15) is 4.98 Å². The minimum absolute atomic E-state index is 0.263. The van der Waals surface area contributed by atoms with Crippen LogP contribution in [0.5, 0.6) is 0 Å². The van der Waals surface area contributed by atoms with Gasteiger partial charge in [0.25, 0.3) is 0 Å². The number of rotatable bonds is 2. The highest BCUT2D eigenvalue weighted by Gasteiger charge is 2.28. The maximum absolute atomic E-state index is 5.93. The Kier molecular flexibility index (Phi) is 2.78. The van der Waals surface area contributed by atoms with Crippen LogP contribution in [0.2, 0.25) is 0 Å². The molecule has 20 heavy (non-hydrogen) atoms. The maximum Gasteiger partial charge on any atom is 0.230 e. The van der Waals surface area contributed by atoms with Crippen LogP contribution in [0.4, 0.5) is 0 Å². The van der Waals surface area contributed by atoms with Crippen molar-refractivity contribution in [3.05, 3.63) is 29.6 Å². The molecule has 1 saturated carbocycles. The molecule has 0 aliphatic heterocycles. The molecule has 4 rings (SSSR count). The van der Waals surface area contributed by atoms with Gasteiger partial charge in [-0.1, -0.05) is 5.16 Å². The number of pyridine rings is 1. The van der Waals surface area contributed by atoms with E-state index in [0.29, 0.717) is 17.6 Å². The van der Waals surface area contributed by atoms with E-state index in [0.717, 1.165) is 35.0 Å². The second-order valence-corrected chi connectivity index (χ2v) is 6.20. The molecule has 3 aromatic rings. The van der Waals surface area contributed by atoms with E-state index in [1.807, 2.05) is 11.4 Å². The molecule has 6 heteroatoms. The summed E-state index contributed by atoms with van der Waals surface area (Å²) >= 11 is 1.66. The summed E-state index contributed by atoms with van der Waals surface area (Å²) in [4.78, 5) is 8.92. The molecule has 3 heterocycles. The van der Waals surface area contributed by atoms with E-state index in [4.69, 9.17) is 10.3 Å². The molecule has 0 amide bonds. The quantitative estimate of drug-likeness (QED) is 0.783. The Morgan fingerprint density at radius 3 is 3.15 bits per heavy atom. The molecule has 0 bridgehead atoms. The Morgan fingerprint density at radius 1 is 1.35 bits per heavy atom. The Bertz CT molecular complexity index is 750. The zero-order valence-corrected chi connectivity index (χ0v) is 11.6. The minimum atomic E-state index is 0.263. The summed E-state index contributed by atoms with van der Waals surface area (Å²) in [6, 6.07) is 4.33. The van der Waals surface area contributed by atoms with Gasteiger partial charge < -0.3 is 10.3 Å². The molecule has 0 radical (unpaired) electrons. The molecule has 1 aliphatic rings. The van der Waals surface area contributed by atoms with Crippen molar-refractivity contribution in [1.82, 2.24) is 15.1 Å². The SMILES string of the molecule is N[C@H]1CC[C@@H](c2nc(-c3cnc4ccsc4c3)no2)C1. The fraction of sp³-hybridized carbons (Fsp3) is 0.357. The first-order valence-electron chi connectivity index (χ1n) is 6.72. The van der Waals surface area contributed by atoms with Crippen LogP contribution in [-0.2, 0) is 0 Å². The van der Waals surface area contributed by atoms with E-state index in [-0.39, 0.29) is 6.04 Å². The molecule has 2 N–H and O–H groups in total. The highest BCUT2D eigenvalue weighted by Crippen LogP contribution is 2.33. The summed E-state index contributed by atoms with van der Waals surface area (Å²) < 4.78 is 6.54. The topological polar surface area (TPSA) is 77.8 Å². The lowest BCUT2D eigenvalue weighted by atomic mass is 10.1. The monoisotopic (exact) mass is 286 g/mol. The predicted molar refractivity (Wildman–Crippen MR) is 77.5 cm³/mol. The van der Waals surface area contributed by atoms with Gasteiger partial charge in [0.15, 0.2) is 0 Å². The van der Waals surface area contributed by atoms with Crippen molar-refractivity contribution < 1.29 is 4.52 Å². The summed E-state index contributed by atoms with van der Waals surface area (Å²) in [7, 11) is 0. The van der Waals surface area contributed by atoms with E-state index in [1.165, 1.54) is 0 Å². The lowest BCUT2D eigenvalue weighted by Gasteiger charge is -2.01. The van der Waals surface area contributed by atoms with Crippen LogP contribution >= 0.6 is 11.3 Å². The largest absolute Gasteiger partial charge is 0.339 e. The third kappa shape index (κ3) is 2.01. The molecule has 5 nitrogen and oxygen atoms in total. The van der Waals surface area contributed by atoms with Gasteiger partial charge in [-0.05, 0) is 36.8 Å². The van der Waals surface area contributed by atoms with Crippen LogP contribution in [0.3, 0.4) is 0 Å². The van der Waals surface area contributed by atoms with E-state index in [1.54, 1.807) is 17.5 Å². The van der Waals surface area contributed by atoms with Crippen LogP contribution in [-0.4, -0.2) is 21.2 Å². The van der Waals surface area contributed by atoms with E-state index in [2.05, 4.69) is 21.2 Å². The number of nitrogens with two attached hydrogens (primary N) is 1. The van der Waals surface area contributed by atoms with Gasteiger partial charge in [-0.25, -0.2) is 0 Å². The fourth-order valence-electron chi connectivity index (χ4n) is 2.73. The third-order valence-electron chi connectivity index (χ3n) is 3.83. The van der Waals surface area contributed by atoms with Gasteiger partial charge in [0.05, 0.1) is 10.2 Å². The van der Waals surface area contributed by atoms with Crippen molar-refractivity contribution in [2.24, 2.45) is 5.73 Å². The molecule has 0 spiro atoms. The number of nitrogens with zero attached hydrogens (tertiary/aromatic N) is 3. The van der Waals surface area contributed by atoms with Crippen molar-refractivity contribution in [1.29, 1.82) is 0 Å². The summed E-state index contributed by atoms with van der Waals surface area (Å²) in [5.74, 6) is 1.63. The lowest BCUT2D eigenvalue weighted by molar-refractivity contribution is 0.353. The summed E-state index contributed by atoms with van der Waals surface area (Å²) in [5, 5.41) is 6.12. The Labute approximate surface area is 119 Å². The predicted octanol–water partition coefficient (Wildman–Crippen LogP) is 2.94. The second kappa shape index (κ2) is 4.64. The average Bonchev–Trinajstić information content (AvgIpc) is 3.17. The summed E-state index contributed by atoms with van der Waals surface area (Å²) in [6.45, 7) is 0. The van der Waals surface area contributed by atoms with Crippen LogP contribution in [0.1, 0.15) is 31.1 Å². The zero-order chi connectivity index (χ0) is 13.5. The summed E-state index contributed by atoms with van der Waals surface area (Å²) in [5.41, 5.74) is 7.84. The first kappa shape index (κ1) is 12.0. The Morgan fingerprint density at radius 2 is 2.30 bits per heavy atom. The fourth-order valence-corrected chi connectivity index (χ4v) is 3.51. The lowest BCUT2D eigenvalue weighted by Crippen LogP contribution is -2.14. The number of hydrogen-bond acceptors (Lipinski definition) is 6. The highest BCUT2D eigenvalue weighted by molar-refractivity contribution is 7.17. The molecule has 0 aromatic carbocycles. The Hall–Kier alpha value is -1.79. The highest BCUT2D eigenvalue weighted by atomic mass is 32.1. The van der Waals surface area contributed by atoms with E-state index < -0.39 is 0 Å². The molecule has 1 aliphatic carbocycles. The van der Waals surface area contributed by atoms with E-state index in [9.17, 15) is 0 Å². The molecule has 102 valence electrons. The number of aromatic nitrogens is 3. The molecule has 0 unspecified atom stereocenters. The number of thiophene rings is 1. The van der Waals surface area contributed by atoms with Gasteiger partial charge in [0, 0.05) is 23.7 Å². The van der Waals surface area contributed by atoms with Crippen LogP contribution in [0.25, 0.3) is 21.6 Å². The molecular weight excluding hydrogens is 272 g/mol. The van der Waals surface area contributed by atoms with Crippen molar-refractivity contribution >= 4 is 21.6 Å². The van der Waals surface area contributed by atoms with Crippen LogP contribution < -0.4 is 5.73 Å². The minimum Gasteiger partial charge on any atom is -0.339 e. The number of hydrogen-bond donors (Lipinski definition) is 1. The van der Waals surface area contributed by atoms with Crippen molar-refractivity contribution in [3.8, 4) is 11.4 Å². The molecule has 3 aromatic heterocycles. The molecule has 2 atom stereocenters. The van der Waals surface area contributed by atoms with Crippen molar-refractivity contribution in [2.45, 2.75) is 31.2 Å². The smallest absolute Gasteiger partial charge is 0.230 e. The van der Waals surface area contributed by atoms with Crippen LogP contribution in [0, 0.1) is 0 Å². The second-order valence-electron chi connectivity index (χ2n) is 5.25. The Balaban J connectivity index is 1.66. The zero-order valence-electron chi connectivity index (χ0n) is 10.8. The van der Waals surface area contributed by atoms with Crippen molar-refractivity contribution in [2.75, 3.05) is 0 Å². The van der Waals surface area contributed by atoms with Crippen LogP contribution in [0.15, 0.2) is 28.2 Å². The number of fused-ring (bicyclic) bond motifs is 1. The summed E-state index contributed by atoms with van der Waals surface area (Å²) in [6.07, 6.45) is 4.80. The molecular formula is C14H14N4OS. The van der Waals surface area contributed by atoms with Crippen molar-refractivity contribution in [3.63, 3.8) is 0 Å². The standard InChI is InChI=1S/C14H14N4OS/c15-10-2-1-8(5-10)14-17-13(18-19-14)9-6-12-11(16-7-9)3-4-20-12/h3-4,6-8,10H,1-2,5,15H2/t8-,10+/m1/s1. The van der Waals surface area contributed by atoms with Gasteiger partial charge in [-0.15, -0.1) is 11.3 Å². The molecule has 1 fully saturated rings. The first-order chi connectivity index (χ1) is 9.79. The maximum atomic E-state index is 5.93. The normalized spacial score (nSPS) is 22.6.